The Labute approximate surface area is 142 Å². The summed E-state index contributed by atoms with van der Waals surface area (Å²) in [6.07, 6.45) is 3.20. The van der Waals surface area contributed by atoms with Crippen molar-refractivity contribution in [2.45, 2.75) is 18.9 Å². The maximum Gasteiger partial charge on any atom is 0.262 e. The zero-order valence-electron chi connectivity index (χ0n) is 12.6. The average Bonchev–Trinajstić information content (AvgIpc) is 3.06. The number of halogens is 1. The normalized spacial score (nSPS) is 17.6. The van der Waals surface area contributed by atoms with Gasteiger partial charge in [0.15, 0.2) is 11.5 Å². The molecular formula is C16H17BrN2O4. The number of carbonyl (C=O) groups excluding carboxylic acids is 1. The molecule has 122 valence electrons. The number of phenolic OH excluding ortho intramolecular Hbond substituents is 1. The van der Waals surface area contributed by atoms with Gasteiger partial charge in [-0.05, 0) is 31.1 Å². The summed E-state index contributed by atoms with van der Waals surface area (Å²) in [5.41, 5.74) is 0.221. The van der Waals surface area contributed by atoms with E-state index in [1.807, 2.05) is 6.07 Å². The van der Waals surface area contributed by atoms with Crippen LogP contribution in [0.2, 0.25) is 0 Å². The van der Waals surface area contributed by atoms with Crippen LogP contribution in [0.25, 0.3) is 6.08 Å². The van der Waals surface area contributed by atoms with Crippen LogP contribution in [0, 0.1) is 11.3 Å². The van der Waals surface area contributed by atoms with Crippen molar-refractivity contribution < 1.29 is 19.4 Å². The van der Waals surface area contributed by atoms with Gasteiger partial charge in [-0.3, -0.25) is 4.79 Å². The third-order valence-electron chi connectivity index (χ3n) is 3.47. The summed E-state index contributed by atoms with van der Waals surface area (Å²) in [6, 6.07) is 5.04. The van der Waals surface area contributed by atoms with Gasteiger partial charge < -0.3 is 19.9 Å². The monoisotopic (exact) mass is 380 g/mol. The Morgan fingerprint density at radius 3 is 3.04 bits per heavy atom. The van der Waals surface area contributed by atoms with Gasteiger partial charge in [-0.1, -0.05) is 15.9 Å². The number of phenols is 1. The van der Waals surface area contributed by atoms with Gasteiger partial charge in [0.05, 0.1) is 13.2 Å². The molecule has 0 saturated carbocycles. The van der Waals surface area contributed by atoms with Gasteiger partial charge in [0.1, 0.15) is 11.6 Å². The van der Waals surface area contributed by atoms with Crippen LogP contribution < -0.4 is 10.1 Å². The Kier molecular flexibility index (Phi) is 6.02. The molecule has 1 atom stereocenters. The summed E-state index contributed by atoms with van der Waals surface area (Å²) in [6.45, 7) is 1.07. The van der Waals surface area contributed by atoms with Crippen LogP contribution in [0.5, 0.6) is 11.5 Å². The lowest BCUT2D eigenvalue weighted by atomic mass is 10.1. The molecule has 1 saturated heterocycles. The highest BCUT2D eigenvalue weighted by Crippen LogP contribution is 2.34. The Morgan fingerprint density at radius 2 is 2.43 bits per heavy atom. The van der Waals surface area contributed by atoms with Gasteiger partial charge in [0.2, 0.25) is 0 Å². The van der Waals surface area contributed by atoms with Gasteiger partial charge in [0.25, 0.3) is 5.91 Å². The third kappa shape index (κ3) is 4.47. The van der Waals surface area contributed by atoms with E-state index in [9.17, 15) is 15.2 Å². The van der Waals surface area contributed by atoms with Gasteiger partial charge in [-0.15, -0.1) is 0 Å². The molecule has 1 heterocycles. The number of hydrogen-bond donors (Lipinski definition) is 2. The summed E-state index contributed by atoms with van der Waals surface area (Å²) >= 11 is 3.29. The van der Waals surface area contributed by atoms with Crippen molar-refractivity contribution in [3.8, 4) is 17.6 Å². The van der Waals surface area contributed by atoms with Crippen LogP contribution >= 0.6 is 15.9 Å². The molecule has 0 aromatic heterocycles. The number of benzene rings is 1. The molecule has 7 heteroatoms. The van der Waals surface area contributed by atoms with Crippen LogP contribution in [0.3, 0.4) is 0 Å². The summed E-state index contributed by atoms with van der Waals surface area (Å²) in [5.74, 6) is -0.376. The second kappa shape index (κ2) is 7.99. The van der Waals surface area contributed by atoms with Crippen LogP contribution in [0.1, 0.15) is 18.4 Å². The fourth-order valence-corrected chi connectivity index (χ4v) is 2.73. The molecule has 23 heavy (non-hydrogen) atoms. The maximum absolute atomic E-state index is 12.1. The van der Waals surface area contributed by atoms with E-state index in [0.717, 1.165) is 12.8 Å². The fraction of sp³-hybridized carbons (Fsp3) is 0.375. The zero-order chi connectivity index (χ0) is 16.8. The van der Waals surface area contributed by atoms with Gasteiger partial charge >= 0.3 is 0 Å². The Balaban J connectivity index is 2.16. The largest absolute Gasteiger partial charge is 0.504 e. The minimum absolute atomic E-state index is 0.00161. The molecule has 1 aliphatic rings. The zero-order valence-corrected chi connectivity index (χ0v) is 14.2. The minimum atomic E-state index is -0.499. The number of hydrogen-bond acceptors (Lipinski definition) is 5. The number of rotatable bonds is 5. The molecule has 0 aliphatic carbocycles. The molecule has 0 radical (unpaired) electrons. The van der Waals surface area contributed by atoms with E-state index in [2.05, 4.69) is 21.2 Å². The second-order valence-electron chi connectivity index (χ2n) is 5.06. The van der Waals surface area contributed by atoms with Crippen molar-refractivity contribution in [1.29, 1.82) is 5.26 Å². The second-order valence-corrected chi connectivity index (χ2v) is 5.98. The molecule has 1 aromatic rings. The van der Waals surface area contributed by atoms with Gasteiger partial charge in [-0.2, -0.15) is 5.26 Å². The molecule has 1 amide bonds. The van der Waals surface area contributed by atoms with Crippen molar-refractivity contribution in [3.05, 3.63) is 27.7 Å². The van der Waals surface area contributed by atoms with E-state index in [4.69, 9.17) is 9.47 Å². The van der Waals surface area contributed by atoms with Gasteiger partial charge in [-0.25, -0.2) is 0 Å². The van der Waals surface area contributed by atoms with Crippen molar-refractivity contribution in [2.75, 3.05) is 20.3 Å². The Bertz CT molecular complexity index is 661. The number of nitrogens with one attached hydrogen (secondary N) is 1. The molecule has 1 fully saturated rings. The lowest BCUT2D eigenvalue weighted by molar-refractivity contribution is -0.117. The number of ether oxygens (including phenoxy) is 2. The SMILES string of the molecule is COc1cc(Br)cc(/C=C(\C#N)C(=O)NC[C@H]2CCCO2)c1O. The molecule has 0 spiro atoms. The first-order valence-electron chi connectivity index (χ1n) is 7.13. The van der Waals surface area contributed by atoms with E-state index in [1.165, 1.54) is 13.2 Å². The smallest absolute Gasteiger partial charge is 0.262 e. The van der Waals surface area contributed by atoms with Crippen LogP contribution in [0.4, 0.5) is 0 Å². The molecule has 0 bridgehead atoms. The molecule has 6 nitrogen and oxygen atoms in total. The van der Waals surface area contributed by atoms with E-state index >= 15 is 0 Å². The lowest BCUT2D eigenvalue weighted by Crippen LogP contribution is -2.32. The molecule has 2 N–H and O–H groups in total. The number of amides is 1. The summed E-state index contributed by atoms with van der Waals surface area (Å²) in [4.78, 5) is 12.1. The predicted molar refractivity (Wildman–Crippen MR) is 87.9 cm³/mol. The standard InChI is InChI=1S/C16H17BrN2O4/c1-22-14-7-12(17)6-10(15(14)20)5-11(8-18)16(21)19-9-13-3-2-4-23-13/h5-7,13,20H,2-4,9H2,1H3,(H,19,21)/b11-5+/t13-/m1/s1. The van der Waals surface area contributed by atoms with Gasteiger partial charge in [0, 0.05) is 23.2 Å². The number of aromatic hydroxyl groups is 1. The van der Waals surface area contributed by atoms with E-state index in [-0.39, 0.29) is 23.2 Å². The lowest BCUT2D eigenvalue weighted by Gasteiger charge is -2.11. The molecule has 1 aromatic carbocycles. The van der Waals surface area contributed by atoms with Crippen LogP contribution in [0.15, 0.2) is 22.2 Å². The highest BCUT2D eigenvalue weighted by Gasteiger charge is 2.18. The van der Waals surface area contributed by atoms with E-state index in [0.29, 0.717) is 23.2 Å². The van der Waals surface area contributed by atoms with Crippen LogP contribution in [-0.4, -0.2) is 37.4 Å². The number of nitrogens with zero attached hydrogens (tertiary/aromatic N) is 1. The first-order chi connectivity index (χ1) is 11.0. The topological polar surface area (TPSA) is 91.6 Å². The van der Waals surface area contributed by atoms with Crippen molar-refractivity contribution in [2.24, 2.45) is 0 Å². The Morgan fingerprint density at radius 1 is 1.65 bits per heavy atom. The summed E-state index contributed by atoms with van der Waals surface area (Å²) in [7, 11) is 1.43. The fourth-order valence-electron chi connectivity index (χ4n) is 2.27. The highest BCUT2D eigenvalue weighted by molar-refractivity contribution is 9.10. The highest BCUT2D eigenvalue weighted by atomic mass is 79.9. The summed E-state index contributed by atoms with van der Waals surface area (Å²) < 4.78 is 11.1. The quantitative estimate of drug-likeness (QED) is 0.604. The molecular weight excluding hydrogens is 364 g/mol. The number of nitriles is 1. The van der Waals surface area contributed by atoms with Crippen LogP contribution in [-0.2, 0) is 9.53 Å². The molecule has 2 rings (SSSR count). The van der Waals surface area contributed by atoms with E-state index in [1.54, 1.807) is 12.1 Å². The predicted octanol–water partition coefficient (Wildman–Crippen LogP) is 2.37. The van der Waals surface area contributed by atoms with Crippen molar-refractivity contribution >= 4 is 27.9 Å². The number of carbonyl (C=O) groups is 1. The first kappa shape index (κ1) is 17.3. The molecule has 1 aliphatic heterocycles. The molecule has 0 unspecified atom stereocenters. The van der Waals surface area contributed by atoms with Crippen molar-refractivity contribution in [1.82, 2.24) is 5.32 Å². The van der Waals surface area contributed by atoms with E-state index < -0.39 is 5.91 Å². The third-order valence-corrected chi connectivity index (χ3v) is 3.93. The average molecular weight is 381 g/mol. The van der Waals surface area contributed by atoms with Crippen molar-refractivity contribution in [3.63, 3.8) is 0 Å². The number of methoxy groups -OCH3 is 1. The first-order valence-corrected chi connectivity index (χ1v) is 7.92. The Hall–Kier alpha value is -2.04. The maximum atomic E-state index is 12.1. The minimum Gasteiger partial charge on any atom is -0.504 e. The summed E-state index contributed by atoms with van der Waals surface area (Å²) in [5, 5.41) is 22.0.